The van der Waals surface area contributed by atoms with Crippen LogP contribution in [-0.4, -0.2) is 86.6 Å². The van der Waals surface area contributed by atoms with Crippen LogP contribution in [0.15, 0.2) is 18.5 Å². The lowest BCUT2D eigenvalue weighted by atomic mass is 10.1. The van der Waals surface area contributed by atoms with Gasteiger partial charge in [-0.3, -0.25) is 4.90 Å². The second-order valence-electron chi connectivity index (χ2n) is 7.89. The van der Waals surface area contributed by atoms with Crippen molar-refractivity contribution in [3.05, 3.63) is 18.5 Å². The highest BCUT2D eigenvalue weighted by Gasteiger charge is 2.38. The van der Waals surface area contributed by atoms with Crippen molar-refractivity contribution in [1.29, 1.82) is 0 Å². The van der Waals surface area contributed by atoms with Gasteiger partial charge >= 0.3 is 6.09 Å². The van der Waals surface area contributed by atoms with Crippen LogP contribution in [0.3, 0.4) is 0 Å². The molecule has 0 aromatic carbocycles. The van der Waals surface area contributed by atoms with Gasteiger partial charge in [0.2, 0.25) is 0 Å². The van der Waals surface area contributed by atoms with Crippen molar-refractivity contribution < 1.29 is 9.53 Å². The molecule has 0 atom stereocenters. The summed E-state index contributed by atoms with van der Waals surface area (Å²) in [4.78, 5) is 18.6. The van der Waals surface area contributed by atoms with E-state index in [4.69, 9.17) is 4.74 Å². The minimum Gasteiger partial charge on any atom is -0.444 e. The lowest BCUT2D eigenvalue weighted by molar-refractivity contribution is -0.0162. The zero-order valence-electron chi connectivity index (χ0n) is 15.5. The van der Waals surface area contributed by atoms with Crippen LogP contribution >= 0.6 is 0 Å². The number of anilines is 1. The third kappa shape index (κ3) is 3.44. The fourth-order valence-corrected chi connectivity index (χ4v) is 3.37. The third-order valence-electron chi connectivity index (χ3n) is 4.82. The Labute approximate surface area is 152 Å². The summed E-state index contributed by atoms with van der Waals surface area (Å²) in [5.74, 6) is 0.945. The number of hydrogen-bond acceptors (Lipinski definition) is 7. The monoisotopic (exact) mass is 359 g/mol. The molecule has 0 unspecified atom stereocenters. The van der Waals surface area contributed by atoms with Crippen LogP contribution in [0.1, 0.15) is 20.8 Å². The molecule has 4 heterocycles. The van der Waals surface area contributed by atoms with Crippen LogP contribution in [0.5, 0.6) is 0 Å². The zero-order chi connectivity index (χ0) is 18.3. The molecule has 9 nitrogen and oxygen atoms in total. The summed E-state index contributed by atoms with van der Waals surface area (Å²) < 4.78 is 7.12. The van der Waals surface area contributed by atoms with Crippen LogP contribution < -0.4 is 4.90 Å². The predicted octanol–water partition coefficient (Wildman–Crippen LogP) is 0.866. The number of hydrogen-bond donors (Lipinski definition) is 0. The average molecular weight is 359 g/mol. The molecule has 2 aliphatic heterocycles. The van der Waals surface area contributed by atoms with Crippen molar-refractivity contribution in [1.82, 2.24) is 29.6 Å². The van der Waals surface area contributed by atoms with Crippen LogP contribution in [-0.2, 0) is 4.74 Å². The predicted molar refractivity (Wildman–Crippen MR) is 96.2 cm³/mol. The summed E-state index contributed by atoms with van der Waals surface area (Å²) in [6.07, 6.45) is 1.41. The van der Waals surface area contributed by atoms with E-state index in [1.54, 1.807) is 15.7 Å². The molecule has 140 valence electrons. The van der Waals surface area contributed by atoms with Gasteiger partial charge in [0.15, 0.2) is 5.65 Å². The average Bonchev–Trinajstić information content (AvgIpc) is 3.00. The van der Waals surface area contributed by atoms with Gasteiger partial charge in [0, 0.05) is 45.3 Å². The van der Waals surface area contributed by atoms with E-state index in [2.05, 4.69) is 25.1 Å². The van der Waals surface area contributed by atoms with E-state index < -0.39 is 5.60 Å². The van der Waals surface area contributed by atoms with Crippen molar-refractivity contribution in [3.63, 3.8) is 0 Å². The molecule has 0 aliphatic carbocycles. The minimum atomic E-state index is -0.438. The molecule has 2 aromatic heterocycles. The first-order chi connectivity index (χ1) is 12.4. The first-order valence-corrected chi connectivity index (χ1v) is 9.03. The van der Waals surface area contributed by atoms with Crippen molar-refractivity contribution in [2.45, 2.75) is 32.4 Å². The Balaban J connectivity index is 1.27. The van der Waals surface area contributed by atoms with Crippen molar-refractivity contribution in [2.75, 3.05) is 44.2 Å². The number of rotatable bonds is 2. The highest BCUT2D eigenvalue weighted by Crippen LogP contribution is 2.21. The van der Waals surface area contributed by atoms with E-state index in [9.17, 15) is 4.79 Å². The Morgan fingerprint density at radius 2 is 1.88 bits per heavy atom. The number of likely N-dealkylation sites (tertiary alicyclic amines) is 1. The largest absolute Gasteiger partial charge is 0.444 e. The summed E-state index contributed by atoms with van der Waals surface area (Å²) in [5, 5.41) is 12.4. The number of carbonyl (C=O) groups is 1. The summed E-state index contributed by atoms with van der Waals surface area (Å²) >= 11 is 0. The minimum absolute atomic E-state index is 0.209. The van der Waals surface area contributed by atoms with E-state index >= 15 is 0 Å². The highest BCUT2D eigenvalue weighted by atomic mass is 16.6. The van der Waals surface area contributed by atoms with E-state index in [0.29, 0.717) is 6.04 Å². The van der Waals surface area contributed by atoms with E-state index in [0.717, 1.165) is 50.7 Å². The number of amides is 1. The molecule has 2 saturated heterocycles. The standard InChI is InChI=1S/C17H25N7O2/c1-17(2,3)26-16(25)23-10-13(11-23)21-6-8-22(9-7-21)15-5-4-14-19-18-12-24(14)20-15/h4-5,12-13H,6-11H2,1-3H3. The second-order valence-corrected chi connectivity index (χ2v) is 7.89. The van der Waals surface area contributed by atoms with Crippen LogP contribution in [0.25, 0.3) is 5.65 Å². The molecular formula is C17H25N7O2. The lowest BCUT2D eigenvalue weighted by Crippen LogP contribution is -2.64. The fraction of sp³-hybridized carbons (Fsp3) is 0.647. The summed E-state index contributed by atoms with van der Waals surface area (Å²) in [5.41, 5.74) is 0.316. The van der Waals surface area contributed by atoms with Gasteiger partial charge < -0.3 is 14.5 Å². The molecular weight excluding hydrogens is 334 g/mol. The topological polar surface area (TPSA) is 79.1 Å². The normalized spacial score (nSPS) is 19.7. The highest BCUT2D eigenvalue weighted by molar-refractivity contribution is 5.69. The van der Waals surface area contributed by atoms with Gasteiger partial charge in [0.05, 0.1) is 0 Å². The van der Waals surface area contributed by atoms with Gasteiger partial charge in [-0.15, -0.1) is 15.3 Å². The fourth-order valence-electron chi connectivity index (χ4n) is 3.37. The molecule has 0 N–H and O–H groups in total. The Hall–Kier alpha value is -2.42. The maximum Gasteiger partial charge on any atom is 0.410 e. The maximum absolute atomic E-state index is 12.0. The van der Waals surface area contributed by atoms with E-state index in [1.165, 1.54) is 0 Å². The molecule has 9 heteroatoms. The maximum atomic E-state index is 12.0. The number of fused-ring (bicyclic) bond motifs is 1. The number of aromatic nitrogens is 4. The molecule has 26 heavy (non-hydrogen) atoms. The Morgan fingerprint density at radius 1 is 1.15 bits per heavy atom. The van der Waals surface area contributed by atoms with Gasteiger partial charge in [-0.25, -0.2) is 4.79 Å². The van der Waals surface area contributed by atoms with Gasteiger partial charge in [-0.2, -0.15) is 4.52 Å². The van der Waals surface area contributed by atoms with Gasteiger partial charge in [0.25, 0.3) is 0 Å². The first-order valence-electron chi connectivity index (χ1n) is 9.03. The van der Waals surface area contributed by atoms with Crippen molar-refractivity contribution in [3.8, 4) is 0 Å². The smallest absolute Gasteiger partial charge is 0.410 e. The quantitative estimate of drug-likeness (QED) is 0.787. The number of piperazine rings is 1. The summed E-state index contributed by atoms with van der Waals surface area (Å²) in [6.45, 7) is 11.0. The molecule has 0 radical (unpaired) electrons. The number of carbonyl (C=O) groups excluding carboxylic acids is 1. The van der Waals surface area contributed by atoms with E-state index in [1.807, 2.05) is 32.9 Å². The molecule has 2 aromatic rings. The molecule has 1 amide bonds. The second kappa shape index (κ2) is 6.39. The summed E-state index contributed by atoms with van der Waals surface area (Å²) in [6, 6.07) is 4.36. The lowest BCUT2D eigenvalue weighted by Gasteiger charge is -2.48. The van der Waals surface area contributed by atoms with Gasteiger partial charge in [-0.1, -0.05) is 0 Å². The Bertz CT molecular complexity index is 786. The third-order valence-corrected chi connectivity index (χ3v) is 4.82. The number of ether oxygens (including phenoxy) is 1. The zero-order valence-corrected chi connectivity index (χ0v) is 15.5. The van der Waals surface area contributed by atoms with E-state index in [-0.39, 0.29) is 6.09 Å². The molecule has 0 bridgehead atoms. The molecule has 0 saturated carbocycles. The van der Waals surface area contributed by atoms with Gasteiger partial charge in [0.1, 0.15) is 17.7 Å². The van der Waals surface area contributed by atoms with Crippen LogP contribution in [0.4, 0.5) is 10.6 Å². The van der Waals surface area contributed by atoms with Crippen LogP contribution in [0.2, 0.25) is 0 Å². The molecule has 4 rings (SSSR count). The molecule has 2 aliphatic rings. The SMILES string of the molecule is CC(C)(C)OC(=O)N1CC(N2CCN(c3ccc4nncn4n3)CC2)C1. The molecule has 2 fully saturated rings. The van der Waals surface area contributed by atoms with Gasteiger partial charge in [-0.05, 0) is 32.9 Å². The van der Waals surface area contributed by atoms with Crippen molar-refractivity contribution >= 4 is 17.6 Å². The molecule has 0 spiro atoms. The Kier molecular flexibility index (Phi) is 4.18. The number of nitrogens with zero attached hydrogens (tertiary/aromatic N) is 7. The summed E-state index contributed by atoms with van der Waals surface area (Å²) in [7, 11) is 0. The van der Waals surface area contributed by atoms with Crippen LogP contribution in [0, 0.1) is 0 Å². The first kappa shape index (κ1) is 17.0. The van der Waals surface area contributed by atoms with Crippen molar-refractivity contribution in [2.24, 2.45) is 0 Å². The Morgan fingerprint density at radius 3 is 2.58 bits per heavy atom.